The van der Waals surface area contributed by atoms with E-state index in [4.69, 9.17) is 5.11 Å². The number of amides is 1. The van der Waals surface area contributed by atoms with E-state index in [9.17, 15) is 9.59 Å². The third kappa shape index (κ3) is 3.47. The van der Waals surface area contributed by atoms with Crippen LogP contribution in [-0.4, -0.2) is 39.5 Å². The molecule has 0 radical (unpaired) electrons. The van der Waals surface area contributed by atoms with E-state index in [0.29, 0.717) is 23.9 Å². The summed E-state index contributed by atoms with van der Waals surface area (Å²) in [5.74, 6) is -0.841. The minimum Gasteiger partial charge on any atom is -0.478 e. The molecule has 136 valence electrons. The standard InChI is InChI=1S/C21H24N2O3/c1-3-16(15-8-5-4-6-9-15)19-10-7-13-23(19)20(24)18-12-11-17(21(25)26)14(2)22-18/h4-6,8-9,11-12,16,19H,3,7,10,13H2,1-2H3,(H,25,26). The molecule has 1 fully saturated rings. The Morgan fingerprint density at radius 1 is 1.23 bits per heavy atom. The van der Waals surface area contributed by atoms with Gasteiger partial charge in [-0.05, 0) is 43.9 Å². The largest absolute Gasteiger partial charge is 0.478 e. The van der Waals surface area contributed by atoms with Crippen molar-refractivity contribution < 1.29 is 14.7 Å². The molecule has 2 aromatic rings. The lowest BCUT2D eigenvalue weighted by molar-refractivity contribution is 0.0684. The number of nitrogens with zero attached hydrogens (tertiary/aromatic N) is 2. The van der Waals surface area contributed by atoms with E-state index >= 15 is 0 Å². The lowest BCUT2D eigenvalue weighted by Gasteiger charge is -2.31. The number of aromatic nitrogens is 1. The molecule has 1 aromatic heterocycles. The number of rotatable bonds is 5. The van der Waals surface area contributed by atoms with Gasteiger partial charge in [-0.3, -0.25) is 4.79 Å². The molecule has 1 aliphatic heterocycles. The molecular formula is C21H24N2O3. The molecule has 2 heterocycles. The van der Waals surface area contributed by atoms with Crippen molar-refractivity contribution in [3.05, 3.63) is 65.0 Å². The van der Waals surface area contributed by atoms with Crippen LogP contribution in [0.1, 0.15) is 64.2 Å². The van der Waals surface area contributed by atoms with Gasteiger partial charge in [0.25, 0.3) is 5.91 Å². The lowest BCUT2D eigenvalue weighted by atomic mass is 9.87. The molecule has 0 saturated carbocycles. The number of carbonyl (C=O) groups is 2. The van der Waals surface area contributed by atoms with Crippen molar-refractivity contribution in [3.8, 4) is 0 Å². The Balaban J connectivity index is 1.86. The van der Waals surface area contributed by atoms with Gasteiger partial charge in [0.1, 0.15) is 5.69 Å². The number of benzene rings is 1. The highest BCUT2D eigenvalue weighted by Gasteiger charge is 2.35. The van der Waals surface area contributed by atoms with Crippen molar-refractivity contribution in [2.24, 2.45) is 0 Å². The lowest BCUT2D eigenvalue weighted by Crippen LogP contribution is -2.39. The molecule has 2 atom stereocenters. The summed E-state index contributed by atoms with van der Waals surface area (Å²) in [5, 5.41) is 9.14. The van der Waals surface area contributed by atoms with Crippen molar-refractivity contribution in [1.29, 1.82) is 0 Å². The molecule has 1 aromatic carbocycles. The zero-order valence-electron chi connectivity index (χ0n) is 15.2. The van der Waals surface area contributed by atoms with E-state index in [1.54, 1.807) is 6.92 Å². The number of carboxylic acid groups (broad SMARTS) is 1. The molecule has 0 bridgehead atoms. The van der Waals surface area contributed by atoms with Gasteiger partial charge >= 0.3 is 5.97 Å². The Kier molecular flexibility index (Phi) is 5.35. The van der Waals surface area contributed by atoms with Gasteiger partial charge in [-0.1, -0.05) is 37.3 Å². The van der Waals surface area contributed by atoms with Gasteiger partial charge in [0.2, 0.25) is 0 Å². The van der Waals surface area contributed by atoms with Crippen LogP contribution in [0.15, 0.2) is 42.5 Å². The molecule has 5 heteroatoms. The second-order valence-electron chi connectivity index (χ2n) is 6.77. The summed E-state index contributed by atoms with van der Waals surface area (Å²) >= 11 is 0. The molecule has 1 amide bonds. The molecule has 0 aliphatic carbocycles. The summed E-state index contributed by atoms with van der Waals surface area (Å²) in [4.78, 5) is 30.4. The number of hydrogen-bond donors (Lipinski definition) is 1. The van der Waals surface area contributed by atoms with Gasteiger partial charge < -0.3 is 10.0 Å². The van der Waals surface area contributed by atoms with Crippen LogP contribution in [-0.2, 0) is 0 Å². The summed E-state index contributed by atoms with van der Waals surface area (Å²) in [7, 11) is 0. The minimum atomic E-state index is -1.02. The van der Waals surface area contributed by atoms with E-state index in [2.05, 4.69) is 24.0 Å². The predicted molar refractivity (Wildman–Crippen MR) is 99.5 cm³/mol. The molecule has 3 rings (SSSR count). The first-order chi connectivity index (χ1) is 12.5. The third-order valence-corrected chi connectivity index (χ3v) is 5.23. The van der Waals surface area contributed by atoms with E-state index in [1.165, 1.54) is 17.7 Å². The number of aromatic carboxylic acids is 1. The summed E-state index contributed by atoms with van der Waals surface area (Å²) in [6.45, 7) is 4.50. The fraction of sp³-hybridized carbons (Fsp3) is 0.381. The zero-order chi connectivity index (χ0) is 18.7. The Morgan fingerprint density at radius 2 is 1.96 bits per heavy atom. The van der Waals surface area contributed by atoms with E-state index in [1.807, 2.05) is 23.1 Å². The van der Waals surface area contributed by atoms with E-state index in [-0.39, 0.29) is 17.5 Å². The highest BCUT2D eigenvalue weighted by Crippen LogP contribution is 2.34. The molecule has 1 N–H and O–H groups in total. The van der Waals surface area contributed by atoms with Gasteiger partial charge in [-0.2, -0.15) is 0 Å². The van der Waals surface area contributed by atoms with Crippen LogP contribution in [0.2, 0.25) is 0 Å². The summed E-state index contributed by atoms with van der Waals surface area (Å²) < 4.78 is 0. The fourth-order valence-electron chi connectivity index (χ4n) is 3.95. The number of carbonyl (C=O) groups excluding carboxylic acids is 1. The number of likely N-dealkylation sites (tertiary alicyclic amines) is 1. The SMILES string of the molecule is CCC(c1ccccc1)C1CCCN1C(=O)c1ccc(C(=O)O)c(C)n1. The van der Waals surface area contributed by atoms with E-state index < -0.39 is 5.97 Å². The van der Waals surface area contributed by atoms with Crippen molar-refractivity contribution >= 4 is 11.9 Å². The topological polar surface area (TPSA) is 70.5 Å². The smallest absolute Gasteiger partial charge is 0.337 e. The van der Waals surface area contributed by atoms with Crippen LogP contribution in [0.5, 0.6) is 0 Å². The predicted octanol–water partition coefficient (Wildman–Crippen LogP) is 3.89. The van der Waals surface area contributed by atoms with Gasteiger partial charge in [-0.25, -0.2) is 9.78 Å². The first kappa shape index (κ1) is 18.1. The Labute approximate surface area is 153 Å². The normalized spacial score (nSPS) is 17.9. The fourth-order valence-corrected chi connectivity index (χ4v) is 3.95. The van der Waals surface area contributed by atoms with Gasteiger partial charge in [0, 0.05) is 18.5 Å². The Bertz CT molecular complexity index is 804. The molecule has 1 aliphatic rings. The van der Waals surface area contributed by atoms with Crippen LogP contribution < -0.4 is 0 Å². The van der Waals surface area contributed by atoms with E-state index in [0.717, 1.165) is 19.3 Å². The average Bonchev–Trinajstić information content (AvgIpc) is 3.11. The first-order valence-electron chi connectivity index (χ1n) is 9.09. The average molecular weight is 352 g/mol. The monoisotopic (exact) mass is 352 g/mol. The maximum atomic E-state index is 13.1. The van der Waals surface area contributed by atoms with Crippen LogP contribution in [0.3, 0.4) is 0 Å². The maximum Gasteiger partial charge on any atom is 0.337 e. The first-order valence-corrected chi connectivity index (χ1v) is 9.09. The minimum absolute atomic E-state index is 0.109. The highest BCUT2D eigenvalue weighted by molar-refractivity contribution is 5.94. The van der Waals surface area contributed by atoms with Gasteiger partial charge in [0.05, 0.1) is 11.3 Å². The Hall–Kier alpha value is -2.69. The van der Waals surface area contributed by atoms with Crippen molar-refractivity contribution in [2.45, 2.75) is 45.1 Å². The van der Waals surface area contributed by atoms with Crippen LogP contribution in [0.4, 0.5) is 0 Å². The second-order valence-corrected chi connectivity index (χ2v) is 6.77. The summed E-state index contributed by atoms with van der Waals surface area (Å²) in [6, 6.07) is 13.5. The third-order valence-electron chi connectivity index (χ3n) is 5.23. The maximum absolute atomic E-state index is 13.1. The van der Waals surface area contributed by atoms with Crippen molar-refractivity contribution in [1.82, 2.24) is 9.88 Å². The Morgan fingerprint density at radius 3 is 2.58 bits per heavy atom. The van der Waals surface area contributed by atoms with Crippen LogP contribution >= 0.6 is 0 Å². The number of hydrogen-bond acceptors (Lipinski definition) is 3. The van der Waals surface area contributed by atoms with Crippen LogP contribution in [0.25, 0.3) is 0 Å². The van der Waals surface area contributed by atoms with Crippen molar-refractivity contribution in [3.63, 3.8) is 0 Å². The van der Waals surface area contributed by atoms with Gasteiger partial charge in [0.15, 0.2) is 0 Å². The molecular weight excluding hydrogens is 328 g/mol. The van der Waals surface area contributed by atoms with Crippen LogP contribution in [0, 0.1) is 6.92 Å². The number of carboxylic acids is 1. The quantitative estimate of drug-likeness (QED) is 0.886. The summed E-state index contributed by atoms with van der Waals surface area (Å²) in [6.07, 6.45) is 2.92. The van der Waals surface area contributed by atoms with Crippen molar-refractivity contribution in [2.75, 3.05) is 6.54 Å². The molecule has 0 spiro atoms. The molecule has 2 unspecified atom stereocenters. The molecule has 1 saturated heterocycles. The zero-order valence-corrected chi connectivity index (χ0v) is 15.2. The molecule has 26 heavy (non-hydrogen) atoms. The summed E-state index contributed by atoms with van der Waals surface area (Å²) in [5.41, 5.74) is 2.08. The number of pyridine rings is 1. The molecule has 5 nitrogen and oxygen atoms in total. The van der Waals surface area contributed by atoms with Gasteiger partial charge in [-0.15, -0.1) is 0 Å². The highest BCUT2D eigenvalue weighted by atomic mass is 16.4. The number of aryl methyl sites for hydroxylation is 1. The second kappa shape index (κ2) is 7.68.